The second-order valence-corrected chi connectivity index (χ2v) is 15.5. The molecule has 0 aliphatic carbocycles. The zero-order chi connectivity index (χ0) is 42.7. The smallest absolute Gasteiger partial charge is 0.317 e. The van der Waals surface area contributed by atoms with Crippen molar-refractivity contribution in [3.63, 3.8) is 0 Å². The maximum Gasteiger partial charge on any atom is 0.317 e. The predicted molar refractivity (Wildman–Crippen MR) is 238 cm³/mol. The molecule has 10 N–H and O–H groups in total. The Bertz CT molecular complexity index is 2140. The summed E-state index contributed by atoms with van der Waals surface area (Å²) in [7, 11) is 0. The van der Waals surface area contributed by atoms with Crippen LogP contribution in [-0.4, -0.2) is 64.7 Å². The second-order valence-electron chi connectivity index (χ2n) is 14.7. The van der Waals surface area contributed by atoms with Gasteiger partial charge < -0.3 is 43.4 Å². The van der Waals surface area contributed by atoms with Crippen LogP contribution in [0.25, 0.3) is 0 Å². The summed E-state index contributed by atoms with van der Waals surface area (Å²) >= 11 is 13.9. The fourth-order valence-corrected chi connectivity index (χ4v) is 8.06. The number of ketones is 2. The molecule has 0 bridgehead atoms. The number of hydrogen-bond acceptors (Lipinski definition) is 9. The van der Waals surface area contributed by atoms with Gasteiger partial charge in [0.15, 0.2) is 11.6 Å². The molecule has 58 heavy (non-hydrogen) atoms. The van der Waals surface area contributed by atoms with Gasteiger partial charge in [0.1, 0.15) is 11.6 Å². The molecule has 2 fully saturated rings. The van der Waals surface area contributed by atoms with Crippen LogP contribution in [0.3, 0.4) is 0 Å². The third kappa shape index (κ3) is 11.3. The molecule has 8 rings (SSSR count). The third-order valence-corrected chi connectivity index (χ3v) is 11.4. The molecular formula is C42H49Cl2F2IN8O3. The summed E-state index contributed by atoms with van der Waals surface area (Å²) in [5, 5.41) is 14.2. The van der Waals surface area contributed by atoms with Crippen LogP contribution in [0.15, 0.2) is 72.8 Å². The average Bonchev–Trinajstić information content (AvgIpc) is 3.20. The average molecular weight is 951 g/mol. The molecule has 0 atom stereocenters. The topological polar surface area (TPSA) is 181 Å². The highest BCUT2D eigenvalue weighted by molar-refractivity contribution is 14.1. The van der Waals surface area contributed by atoms with E-state index in [2.05, 4.69) is 21.3 Å². The molecule has 4 aliphatic rings. The number of carbonyl (C=O) groups excluding carboxylic acids is 3. The molecule has 310 valence electrons. The molecule has 11 nitrogen and oxygen atoms in total. The van der Waals surface area contributed by atoms with Gasteiger partial charge in [0, 0.05) is 95.4 Å². The molecule has 4 aromatic rings. The van der Waals surface area contributed by atoms with E-state index in [4.69, 9.17) is 41.8 Å². The number of nitrogens with two attached hydrogens (primary N) is 3. The van der Waals surface area contributed by atoms with Crippen LogP contribution in [0.5, 0.6) is 0 Å². The van der Waals surface area contributed by atoms with Crippen LogP contribution in [-0.2, 0) is 13.1 Å². The molecule has 4 heterocycles. The lowest BCUT2D eigenvalue weighted by Crippen LogP contribution is -2.55. The van der Waals surface area contributed by atoms with Crippen molar-refractivity contribution < 1.29 is 24.5 Å². The lowest BCUT2D eigenvalue weighted by Gasteiger charge is -2.45. The largest absolute Gasteiger partial charge is 0.399 e. The van der Waals surface area contributed by atoms with E-state index in [9.17, 15) is 23.2 Å². The molecule has 0 unspecified atom stereocenters. The molecule has 2 spiro atoms. The van der Waals surface area contributed by atoms with Gasteiger partial charge in [0.05, 0.1) is 0 Å². The number of anilines is 4. The molecule has 4 aliphatic heterocycles. The fourth-order valence-electron chi connectivity index (χ4n) is 7.54. The third-order valence-electron chi connectivity index (χ3n) is 10.7. The minimum Gasteiger partial charge on any atom is -0.399 e. The van der Waals surface area contributed by atoms with Crippen molar-refractivity contribution in [1.82, 2.24) is 15.5 Å². The highest BCUT2D eigenvalue weighted by Gasteiger charge is 2.42. The number of rotatable bonds is 3. The van der Waals surface area contributed by atoms with Crippen molar-refractivity contribution in [2.75, 3.05) is 53.2 Å². The van der Waals surface area contributed by atoms with Crippen LogP contribution >= 0.6 is 45.8 Å². The van der Waals surface area contributed by atoms with Crippen LogP contribution < -0.4 is 38.5 Å². The van der Waals surface area contributed by atoms with Gasteiger partial charge in [0.25, 0.3) is 0 Å². The maximum absolute atomic E-state index is 13.4. The van der Waals surface area contributed by atoms with Crippen LogP contribution in [0, 0.1) is 11.6 Å². The normalized spacial score (nSPS) is 17.3. The summed E-state index contributed by atoms with van der Waals surface area (Å²) in [4.78, 5) is 39.4. The number of fused-ring (bicyclic) bond motifs is 2. The number of nitrogens with one attached hydrogen (secondary N) is 4. The van der Waals surface area contributed by atoms with Crippen LogP contribution in [0.2, 0.25) is 10.0 Å². The van der Waals surface area contributed by atoms with E-state index in [0.29, 0.717) is 95.0 Å². The minimum absolute atomic E-state index is 0.0557. The Balaban J connectivity index is 0.000000185. The summed E-state index contributed by atoms with van der Waals surface area (Å²) in [5.74, 6) is -0.767. The van der Waals surface area contributed by atoms with E-state index in [-0.39, 0.29) is 34.5 Å². The first-order chi connectivity index (χ1) is 28.2. The number of carbonyl (C=O) groups is 3. The number of halogens is 5. The lowest BCUT2D eigenvalue weighted by molar-refractivity contribution is 0.0911. The molecular weight excluding hydrogens is 900 g/mol. The van der Waals surface area contributed by atoms with Gasteiger partial charge in [-0.2, -0.15) is 0 Å². The summed E-state index contributed by atoms with van der Waals surface area (Å²) in [6.45, 7) is 3.68. The zero-order valence-corrected chi connectivity index (χ0v) is 35.6. The summed E-state index contributed by atoms with van der Waals surface area (Å²) in [6, 6.07) is 19.0. The predicted octanol–water partition coefficient (Wildman–Crippen LogP) is 8.18. The molecule has 16 heteroatoms. The van der Waals surface area contributed by atoms with Crippen molar-refractivity contribution >= 4 is 86.1 Å². The van der Waals surface area contributed by atoms with E-state index in [0.717, 1.165) is 42.7 Å². The number of benzene rings is 4. The lowest BCUT2D eigenvalue weighted by atomic mass is 9.78. The first kappa shape index (κ1) is 43.4. The molecule has 2 amide bonds. The number of nitrogen functional groups attached to an aromatic ring is 2. The van der Waals surface area contributed by atoms with Crippen molar-refractivity contribution in [2.45, 2.75) is 62.7 Å². The number of hydrogen-bond donors (Lipinski definition) is 7. The van der Waals surface area contributed by atoms with Gasteiger partial charge in [-0.1, -0.05) is 57.9 Å². The number of nitrogens with zero attached hydrogens (tertiary/aromatic N) is 1. The fraction of sp³-hybridized carbons (Fsp3) is 0.357. The molecule has 0 radical (unpaired) electrons. The summed E-state index contributed by atoms with van der Waals surface area (Å²) < 4.78 is 32.7. The number of alkyl halides is 1. The molecule has 0 aromatic heterocycles. The van der Waals surface area contributed by atoms with Gasteiger partial charge in [-0.15, -0.1) is 0 Å². The molecule has 2 saturated heterocycles. The van der Waals surface area contributed by atoms with E-state index >= 15 is 0 Å². The second kappa shape index (κ2) is 20.2. The Labute approximate surface area is 362 Å². The number of amides is 2. The molecule has 4 aromatic carbocycles. The van der Waals surface area contributed by atoms with Crippen molar-refractivity contribution in [3.8, 4) is 0 Å². The Morgan fingerprint density at radius 1 is 0.793 bits per heavy atom. The van der Waals surface area contributed by atoms with E-state index < -0.39 is 5.82 Å². The van der Waals surface area contributed by atoms with Gasteiger partial charge in [-0.3, -0.25) is 9.59 Å². The van der Waals surface area contributed by atoms with Gasteiger partial charge in [0.2, 0.25) is 0 Å². The van der Waals surface area contributed by atoms with E-state index in [1.165, 1.54) is 24.3 Å². The Morgan fingerprint density at radius 2 is 1.26 bits per heavy atom. The van der Waals surface area contributed by atoms with Crippen LogP contribution in [0.4, 0.5) is 36.3 Å². The standard InChI is InChI=1S/C21H22ClFN4O2.C13H15FN2O.C7H9ClN2.CH3I/c22-17-10-15(24)3-1-13(17)12-25-20(29)27-7-5-21(6-8-27)11-19(28)16-9-14(23)2-4-18(16)26-21;14-9-1-2-11-10(7-9)12(17)8-13(16-11)3-5-15-6-4-13;8-7-3-6(10)2-1-5(7)4-9;1-2/h1-4,9-10,26H,5-8,11-12,24H2,(H,25,29);1-2,7,15-16H,3-6,8H2;1-3H,4,9-10H2;1H3/i;;;1D. The SMILES string of the molecule is NCc1ccc(N)cc1Cl.Nc1ccc(CNC(=O)N2CCC3(CC2)CC(=O)c2cc(F)ccc2N3)c(Cl)c1.O=C1CC2(CCNCC2)Nc2ccc(F)cc21.[2H]CI. The van der Waals surface area contributed by atoms with Gasteiger partial charge >= 0.3 is 6.03 Å². The Kier molecular flexibility index (Phi) is 15.1. The van der Waals surface area contributed by atoms with Crippen molar-refractivity contribution in [3.05, 3.63) is 117 Å². The summed E-state index contributed by atoms with van der Waals surface area (Å²) in [5.41, 5.74) is 21.3. The first-order valence-electron chi connectivity index (χ1n) is 19.5. The number of likely N-dealkylation sites (tertiary alicyclic amines) is 1. The van der Waals surface area contributed by atoms with Gasteiger partial charge in [-0.25, -0.2) is 13.6 Å². The summed E-state index contributed by atoms with van der Waals surface area (Å²) in [6.07, 6.45) is 3.95. The van der Waals surface area contributed by atoms with Crippen molar-refractivity contribution in [1.29, 1.82) is 0 Å². The van der Waals surface area contributed by atoms with Crippen LogP contribution in [0.1, 0.15) is 71.7 Å². The highest BCUT2D eigenvalue weighted by atomic mass is 127. The maximum atomic E-state index is 13.4. The monoisotopic (exact) mass is 949 g/mol. The first-order valence-corrected chi connectivity index (χ1v) is 21.1. The van der Waals surface area contributed by atoms with E-state index in [1.807, 2.05) is 28.7 Å². The highest BCUT2D eigenvalue weighted by Crippen LogP contribution is 2.38. The molecule has 0 saturated carbocycles. The minimum atomic E-state index is -0.414. The number of piperidine rings is 2. The Hall–Kier alpha value is -4.22. The Morgan fingerprint density at radius 3 is 1.72 bits per heavy atom. The quantitative estimate of drug-likeness (QED) is 0.0606. The zero-order valence-electron chi connectivity index (χ0n) is 32.9. The van der Waals surface area contributed by atoms with Crippen molar-refractivity contribution in [2.24, 2.45) is 5.73 Å². The number of urea groups is 1. The number of Topliss-reactive ketones (excluding diaryl/α,β-unsaturated/α-hetero) is 2. The van der Waals surface area contributed by atoms with Gasteiger partial charge in [-0.05, 0) is 115 Å². The van der Waals surface area contributed by atoms with E-state index in [1.54, 1.807) is 47.4 Å².